The highest BCUT2D eigenvalue weighted by molar-refractivity contribution is 5.74. The second-order valence-electron chi connectivity index (χ2n) is 7.36. The van der Waals surface area contributed by atoms with E-state index in [2.05, 4.69) is 4.98 Å². The molecule has 142 valence electrons. The van der Waals surface area contributed by atoms with E-state index in [0.717, 1.165) is 12.8 Å². The van der Waals surface area contributed by atoms with E-state index in [9.17, 15) is 19.5 Å². The average Bonchev–Trinajstić information content (AvgIpc) is 2.93. The number of nitrogens with zero attached hydrogens (tertiary/aromatic N) is 2. The SMILES string of the molecule is COc1c[nH]c(CN2CC3(CCN(C(C)=O)CC3)C[C@@H]2C(=O)O)cc1=O. The number of nitrogens with one attached hydrogen (secondary N) is 1. The number of aromatic amines is 1. The molecule has 2 saturated heterocycles. The molecule has 3 heterocycles. The average molecular weight is 363 g/mol. The lowest BCUT2D eigenvalue weighted by molar-refractivity contribution is -0.142. The van der Waals surface area contributed by atoms with Crippen molar-refractivity contribution in [3.05, 3.63) is 28.2 Å². The Morgan fingerprint density at radius 2 is 2.08 bits per heavy atom. The van der Waals surface area contributed by atoms with E-state index in [1.807, 2.05) is 9.80 Å². The molecule has 0 saturated carbocycles. The Balaban J connectivity index is 1.74. The summed E-state index contributed by atoms with van der Waals surface area (Å²) in [5, 5.41) is 9.65. The molecule has 8 heteroatoms. The fraction of sp³-hybridized carbons (Fsp3) is 0.611. The summed E-state index contributed by atoms with van der Waals surface area (Å²) in [5.41, 5.74) is 0.360. The molecular formula is C18H25N3O5. The van der Waals surface area contributed by atoms with Crippen LogP contribution in [0, 0.1) is 5.41 Å². The second kappa shape index (κ2) is 7.11. The monoisotopic (exact) mass is 363 g/mol. The van der Waals surface area contributed by atoms with Gasteiger partial charge < -0.3 is 19.7 Å². The standard InChI is InChI=1S/C18H25N3O5/c1-12(22)20-5-3-18(4-6-20)8-14(17(24)25)21(11-18)10-13-7-15(23)16(26-2)9-19-13/h7,9,14H,3-6,8,10-11H2,1-2H3,(H,19,23)(H,24,25)/t14-/m1/s1. The van der Waals surface area contributed by atoms with E-state index in [4.69, 9.17) is 4.74 Å². The van der Waals surface area contributed by atoms with Gasteiger partial charge in [0, 0.05) is 51.1 Å². The number of pyridine rings is 1. The van der Waals surface area contributed by atoms with Crippen LogP contribution in [0.1, 0.15) is 31.9 Å². The third-order valence-corrected chi connectivity index (χ3v) is 5.69. The van der Waals surface area contributed by atoms with Gasteiger partial charge in [0.25, 0.3) is 0 Å². The van der Waals surface area contributed by atoms with Crippen LogP contribution in [0.25, 0.3) is 0 Å². The van der Waals surface area contributed by atoms with E-state index in [-0.39, 0.29) is 22.5 Å². The summed E-state index contributed by atoms with van der Waals surface area (Å²) < 4.78 is 4.97. The number of carboxylic acid groups (broad SMARTS) is 1. The van der Waals surface area contributed by atoms with Crippen molar-refractivity contribution in [3.63, 3.8) is 0 Å². The van der Waals surface area contributed by atoms with E-state index in [0.29, 0.717) is 38.3 Å². The zero-order valence-corrected chi connectivity index (χ0v) is 15.2. The first-order valence-electron chi connectivity index (χ1n) is 8.81. The smallest absolute Gasteiger partial charge is 0.320 e. The summed E-state index contributed by atoms with van der Waals surface area (Å²) in [5.74, 6) is -0.537. The van der Waals surface area contributed by atoms with Crippen molar-refractivity contribution in [1.29, 1.82) is 0 Å². The number of H-pyrrole nitrogens is 1. The van der Waals surface area contributed by atoms with Crippen molar-refractivity contribution < 1.29 is 19.4 Å². The zero-order valence-electron chi connectivity index (χ0n) is 15.2. The first-order valence-corrected chi connectivity index (χ1v) is 8.81. The molecule has 0 aromatic carbocycles. The summed E-state index contributed by atoms with van der Waals surface area (Å²) in [6.07, 6.45) is 3.71. The van der Waals surface area contributed by atoms with Crippen LogP contribution in [-0.4, -0.2) is 64.6 Å². The van der Waals surface area contributed by atoms with Crippen LogP contribution in [0.15, 0.2) is 17.1 Å². The molecule has 2 aliphatic heterocycles. The molecule has 1 atom stereocenters. The molecule has 3 rings (SSSR count). The Hall–Kier alpha value is -2.35. The fourth-order valence-corrected chi connectivity index (χ4v) is 4.18. The van der Waals surface area contributed by atoms with Gasteiger partial charge in [0.15, 0.2) is 5.75 Å². The Morgan fingerprint density at radius 3 is 2.62 bits per heavy atom. The summed E-state index contributed by atoms with van der Waals surface area (Å²) >= 11 is 0. The van der Waals surface area contributed by atoms with Crippen molar-refractivity contribution in [1.82, 2.24) is 14.8 Å². The molecule has 1 aromatic rings. The van der Waals surface area contributed by atoms with Crippen molar-refractivity contribution >= 4 is 11.9 Å². The molecule has 8 nitrogen and oxygen atoms in total. The van der Waals surface area contributed by atoms with Gasteiger partial charge in [0.05, 0.1) is 7.11 Å². The van der Waals surface area contributed by atoms with Crippen LogP contribution in [0.5, 0.6) is 5.75 Å². The number of ether oxygens (including phenoxy) is 1. The molecule has 0 radical (unpaired) electrons. The number of amides is 1. The number of piperidine rings is 1. The minimum Gasteiger partial charge on any atom is -0.491 e. The molecule has 1 amide bonds. The van der Waals surface area contributed by atoms with Gasteiger partial charge in [-0.3, -0.25) is 19.3 Å². The predicted molar refractivity (Wildman–Crippen MR) is 94.0 cm³/mol. The maximum atomic E-state index is 11.9. The Morgan fingerprint density at radius 1 is 1.38 bits per heavy atom. The molecule has 2 fully saturated rings. The molecule has 0 aliphatic carbocycles. The Bertz CT molecular complexity index is 751. The number of hydrogen-bond acceptors (Lipinski definition) is 5. The number of hydrogen-bond donors (Lipinski definition) is 2. The number of carboxylic acids is 1. The van der Waals surface area contributed by atoms with E-state index >= 15 is 0 Å². The molecule has 0 unspecified atom stereocenters. The number of rotatable bonds is 4. The Kier molecular flexibility index (Phi) is 5.04. The van der Waals surface area contributed by atoms with Gasteiger partial charge in [0.2, 0.25) is 11.3 Å². The van der Waals surface area contributed by atoms with Crippen molar-refractivity contribution in [2.75, 3.05) is 26.7 Å². The first-order chi connectivity index (χ1) is 12.3. The van der Waals surface area contributed by atoms with Crippen LogP contribution in [0.4, 0.5) is 0 Å². The molecule has 0 bridgehead atoms. The largest absolute Gasteiger partial charge is 0.491 e. The van der Waals surface area contributed by atoms with Gasteiger partial charge in [-0.25, -0.2) is 0 Å². The van der Waals surface area contributed by atoms with Gasteiger partial charge in [0.1, 0.15) is 6.04 Å². The number of aromatic nitrogens is 1. The number of likely N-dealkylation sites (tertiary alicyclic amines) is 2. The van der Waals surface area contributed by atoms with Crippen LogP contribution >= 0.6 is 0 Å². The van der Waals surface area contributed by atoms with Gasteiger partial charge in [-0.2, -0.15) is 0 Å². The van der Waals surface area contributed by atoms with E-state index in [1.165, 1.54) is 19.4 Å². The lowest BCUT2D eigenvalue weighted by Gasteiger charge is -2.39. The van der Waals surface area contributed by atoms with Gasteiger partial charge in [-0.15, -0.1) is 0 Å². The minimum absolute atomic E-state index is 0.0697. The van der Waals surface area contributed by atoms with Crippen LogP contribution in [-0.2, 0) is 16.1 Å². The van der Waals surface area contributed by atoms with Crippen LogP contribution in [0.3, 0.4) is 0 Å². The first kappa shape index (κ1) is 18.4. The molecule has 26 heavy (non-hydrogen) atoms. The number of aliphatic carboxylic acids is 1. The number of methoxy groups -OCH3 is 1. The number of carbonyl (C=O) groups excluding carboxylic acids is 1. The molecular weight excluding hydrogens is 338 g/mol. The lowest BCUT2D eigenvalue weighted by atomic mass is 9.76. The zero-order chi connectivity index (χ0) is 18.9. The second-order valence-corrected chi connectivity index (χ2v) is 7.36. The molecule has 1 spiro atoms. The van der Waals surface area contributed by atoms with E-state index in [1.54, 1.807) is 6.92 Å². The third kappa shape index (κ3) is 3.60. The van der Waals surface area contributed by atoms with Crippen molar-refractivity contribution in [3.8, 4) is 5.75 Å². The number of carbonyl (C=O) groups is 2. The maximum Gasteiger partial charge on any atom is 0.320 e. The highest BCUT2D eigenvalue weighted by Gasteiger charge is 2.48. The van der Waals surface area contributed by atoms with Crippen LogP contribution < -0.4 is 10.2 Å². The van der Waals surface area contributed by atoms with Crippen LogP contribution in [0.2, 0.25) is 0 Å². The van der Waals surface area contributed by atoms with E-state index < -0.39 is 12.0 Å². The third-order valence-electron chi connectivity index (χ3n) is 5.69. The normalized spacial score (nSPS) is 22.5. The van der Waals surface area contributed by atoms with Gasteiger partial charge in [-0.05, 0) is 24.7 Å². The highest BCUT2D eigenvalue weighted by Crippen LogP contribution is 2.43. The quantitative estimate of drug-likeness (QED) is 0.815. The highest BCUT2D eigenvalue weighted by atomic mass is 16.5. The molecule has 2 N–H and O–H groups in total. The Labute approximate surface area is 151 Å². The summed E-state index contributed by atoms with van der Waals surface area (Å²) in [6.45, 7) is 3.95. The summed E-state index contributed by atoms with van der Waals surface area (Å²) in [4.78, 5) is 42.0. The maximum absolute atomic E-state index is 11.9. The fourth-order valence-electron chi connectivity index (χ4n) is 4.18. The van der Waals surface area contributed by atoms with Gasteiger partial charge >= 0.3 is 5.97 Å². The molecule has 2 aliphatic rings. The summed E-state index contributed by atoms with van der Waals surface area (Å²) in [6, 6.07) is 0.880. The van der Waals surface area contributed by atoms with Crippen molar-refractivity contribution in [2.45, 2.75) is 38.8 Å². The summed E-state index contributed by atoms with van der Waals surface area (Å²) in [7, 11) is 1.43. The van der Waals surface area contributed by atoms with Gasteiger partial charge in [-0.1, -0.05) is 0 Å². The minimum atomic E-state index is -0.841. The lowest BCUT2D eigenvalue weighted by Crippen LogP contribution is -2.43. The van der Waals surface area contributed by atoms with Crippen molar-refractivity contribution in [2.24, 2.45) is 5.41 Å². The topological polar surface area (TPSA) is 103 Å². The molecule has 1 aromatic heterocycles. The predicted octanol–water partition coefficient (Wildman–Crippen LogP) is 0.671.